The van der Waals surface area contributed by atoms with Crippen molar-refractivity contribution in [1.29, 1.82) is 0 Å². The summed E-state index contributed by atoms with van der Waals surface area (Å²) in [6.45, 7) is 4.95. The van der Waals surface area contributed by atoms with Gasteiger partial charge in [0, 0.05) is 20.1 Å². The van der Waals surface area contributed by atoms with E-state index in [0.717, 1.165) is 19.4 Å². The molecule has 0 bridgehead atoms. The number of piperidine rings is 1. The molecular weight excluding hydrogens is 272 g/mol. The fraction of sp³-hybridized carbons (Fsp3) is 0.818. The number of hydrogen-bond donors (Lipinski definition) is 1. The number of carbonyl (C=O) groups is 2. The van der Waals surface area contributed by atoms with Gasteiger partial charge >= 0.3 is 0 Å². The molecule has 92 valence electrons. The molecular formula is C11H19BrN2O2. The van der Waals surface area contributed by atoms with Gasteiger partial charge in [0.25, 0.3) is 0 Å². The van der Waals surface area contributed by atoms with Crippen LogP contribution in [0.2, 0.25) is 0 Å². The Hall–Kier alpha value is -0.580. The lowest BCUT2D eigenvalue weighted by Gasteiger charge is -2.35. The predicted octanol–water partition coefficient (Wildman–Crippen LogP) is 1.14. The predicted molar refractivity (Wildman–Crippen MR) is 66.4 cm³/mol. The summed E-state index contributed by atoms with van der Waals surface area (Å²) < 4.78 is 0. The molecule has 1 unspecified atom stereocenters. The third-order valence-electron chi connectivity index (χ3n) is 2.89. The van der Waals surface area contributed by atoms with E-state index in [1.54, 1.807) is 11.9 Å². The normalized spacial score (nSPS) is 22.1. The topological polar surface area (TPSA) is 49.4 Å². The van der Waals surface area contributed by atoms with Crippen LogP contribution in [0.25, 0.3) is 0 Å². The Kier molecular flexibility index (Phi) is 4.35. The van der Waals surface area contributed by atoms with Crippen molar-refractivity contribution in [3.8, 4) is 0 Å². The molecule has 0 aromatic rings. The van der Waals surface area contributed by atoms with Gasteiger partial charge in [-0.15, -0.1) is 0 Å². The SMILES string of the molecule is CNC(=O)C(C)(C)CN1CCCC(Br)C1=O. The summed E-state index contributed by atoms with van der Waals surface area (Å²) in [4.78, 5) is 25.2. The van der Waals surface area contributed by atoms with Crippen LogP contribution in [0.15, 0.2) is 0 Å². The summed E-state index contributed by atoms with van der Waals surface area (Å²) >= 11 is 3.36. The molecule has 0 aromatic heterocycles. The summed E-state index contributed by atoms with van der Waals surface area (Å²) in [5.41, 5.74) is -0.533. The van der Waals surface area contributed by atoms with Crippen molar-refractivity contribution in [3.05, 3.63) is 0 Å². The van der Waals surface area contributed by atoms with Crippen LogP contribution < -0.4 is 5.32 Å². The second-order valence-corrected chi connectivity index (χ2v) is 5.94. The van der Waals surface area contributed by atoms with Gasteiger partial charge in [-0.1, -0.05) is 15.9 Å². The van der Waals surface area contributed by atoms with Gasteiger partial charge in [-0.3, -0.25) is 9.59 Å². The van der Waals surface area contributed by atoms with Gasteiger partial charge in [-0.2, -0.15) is 0 Å². The van der Waals surface area contributed by atoms with Gasteiger partial charge in [0.15, 0.2) is 0 Å². The van der Waals surface area contributed by atoms with Gasteiger partial charge in [0.2, 0.25) is 11.8 Å². The standard InChI is InChI=1S/C11H19BrN2O2/c1-11(2,10(16)13-3)7-14-6-4-5-8(12)9(14)15/h8H,4-7H2,1-3H3,(H,13,16). The quantitative estimate of drug-likeness (QED) is 0.793. The van der Waals surface area contributed by atoms with Crippen molar-refractivity contribution in [2.45, 2.75) is 31.5 Å². The number of likely N-dealkylation sites (tertiary alicyclic amines) is 1. The van der Waals surface area contributed by atoms with E-state index in [4.69, 9.17) is 0 Å². The van der Waals surface area contributed by atoms with Crippen LogP contribution in [0.3, 0.4) is 0 Å². The molecule has 1 rings (SSSR count). The summed E-state index contributed by atoms with van der Waals surface area (Å²) in [6, 6.07) is 0. The first-order chi connectivity index (χ1) is 7.38. The number of halogens is 1. The summed E-state index contributed by atoms with van der Waals surface area (Å²) in [5.74, 6) is 0.0697. The van der Waals surface area contributed by atoms with E-state index in [9.17, 15) is 9.59 Å². The molecule has 2 amide bonds. The van der Waals surface area contributed by atoms with Gasteiger partial charge in [-0.05, 0) is 26.7 Å². The molecule has 5 heteroatoms. The summed E-state index contributed by atoms with van der Waals surface area (Å²) in [7, 11) is 1.62. The Bertz CT molecular complexity index is 292. The minimum absolute atomic E-state index is 0.0306. The van der Waals surface area contributed by atoms with Crippen molar-refractivity contribution in [1.82, 2.24) is 10.2 Å². The first-order valence-electron chi connectivity index (χ1n) is 5.53. The van der Waals surface area contributed by atoms with Crippen LogP contribution in [0, 0.1) is 5.41 Å². The minimum Gasteiger partial charge on any atom is -0.359 e. The maximum absolute atomic E-state index is 11.9. The third kappa shape index (κ3) is 2.97. The Morgan fingerprint density at radius 3 is 2.81 bits per heavy atom. The summed E-state index contributed by atoms with van der Waals surface area (Å²) in [6.07, 6.45) is 1.88. The van der Waals surface area contributed by atoms with Crippen molar-refractivity contribution >= 4 is 27.7 Å². The van der Waals surface area contributed by atoms with E-state index in [1.807, 2.05) is 13.8 Å². The van der Waals surface area contributed by atoms with Crippen LogP contribution in [0.1, 0.15) is 26.7 Å². The first kappa shape index (κ1) is 13.5. The van der Waals surface area contributed by atoms with Gasteiger partial charge in [0.05, 0.1) is 10.2 Å². The Morgan fingerprint density at radius 1 is 1.62 bits per heavy atom. The van der Waals surface area contributed by atoms with Crippen LogP contribution >= 0.6 is 15.9 Å². The maximum atomic E-state index is 11.9. The smallest absolute Gasteiger partial charge is 0.236 e. The van der Waals surface area contributed by atoms with Crippen molar-refractivity contribution in [2.24, 2.45) is 5.41 Å². The monoisotopic (exact) mass is 290 g/mol. The molecule has 1 N–H and O–H groups in total. The second kappa shape index (κ2) is 5.17. The van der Waals surface area contributed by atoms with Gasteiger partial charge in [-0.25, -0.2) is 0 Å². The largest absolute Gasteiger partial charge is 0.359 e. The number of nitrogens with zero attached hydrogens (tertiary/aromatic N) is 1. The molecule has 0 saturated carbocycles. The molecule has 1 aliphatic heterocycles. The molecule has 0 aliphatic carbocycles. The highest BCUT2D eigenvalue weighted by Gasteiger charge is 2.34. The number of amides is 2. The lowest BCUT2D eigenvalue weighted by Crippen LogP contribution is -2.50. The van der Waals surface area contributed by atoms with Crippen molar-refractivity contribution in [2.75, 3.05) is 20.1 Å². The third-order valence-corrected chi connectivity index (χ3v) is 3.74. The number of nitrogens with one attached hydrogen (secondary N) is 1. The maximum Gasteiger partial charge on any atom is 0.236 e. The fourth-order valence-corrected chi connectivity index (χ4v) is 2.55. The Labute approximate surface area is 105 Å². The zero-order valence-corrected chi connectivity index (χ0v) is 11.6. The van der Waals surface area contributed by atoms with E-state index in [1.165, 1.54) is 0 Å². The second-order valence-electron chi connectivity index (χ2n) is 4.83. The lowest BCUT2D eigenvalue weighted by molar-refractivity contribution is -0.137. The highest BCUT2D eigenvalue weighted by atomic mass is 79.9. The molecule has 0 spiro atoms. The van der Waals surface area contributed by atoms with E-state index < -0.39 is 5.41 Å². The zero-order valence-electron chi connectivity index (χ0n) is 10.0. The molecule has 0 radical (unpaired) electrons. The molecule has 16 heavy (non-hydrogen) atoms. The highest BCUT2D eigenvalue weighted by Crippen LogP contribution is 2.23. The van der Waals surface area contributed by atoms with Crippen molar-refractivity contribution in [3.63, 3.8) is 0 Å². The van der Waals surface area contributed by atoms with Crippen LogP contribution in [0.5, 0.6) is 0 Å². The van der Waals surface area contributed by atoms with Crippen molar-refractivity contribution < 1.29 is 9.59 Å². The molecule has 4 nitrogen and oxygen atoms in total. The minimum atomic E-state index is -0.533. The zero-order chi connectivity index (χ0) is 12.3. The number of hydrogen-bond acceptors (Lipinski definition) is 2. The molecule has 1 aliphatic rings. The highest BCUT2D eigenvalue weighted by molar-refractivity contribution is 9.10. The van der Waals surface area contributed by atoms with Gasteiger partial charge in [0.1, 0.15) is 0 Å². The summed E-state index contributed by atoms with van der Waals surface area (Å²) in [5, 5.41) is 2.63. The van der Waals surface area contributed by atoms with E-state index in [2.05, 4.69) is 21.2 Å². The molecule has 0 aromatic carbocycles. The van der Waals surface area contributed by atoms with Crippen LogP contribution in [0.4, 0.5) is 0 Å². The van der Waals surface area contributed by atoms with Crippen LogP contribution in [-0.2, 0) is 9.59 Å². The first-order valence-corrected chi connectivity index (χ1v) is 6.45. The average Bonchev–Trinajstić information content (AvgIpc) is 2.23. The fourth-order valence-electron chi connectivity index (χ4n) is 1.94. The number of rotatable bonds is 3. The van der Waals surface area contributed by atoms with Crippen LogP contribution in [-0.4, -0.2) is 41.7 Å². The Balaban J connectivity index is 2.65. The van der Waals surface area contributed by atoms with E-state index in [0.29, 0.717) is 6.54 Å². The lowest BCUT2D eigenvalue weighted by atomic mass is 9.90. The molecule has 1 fully saturated rings. The molecule has 1 saturated heterocycles. The van der Waals surface area contributed by atoms with E-state index >= 15 is 0 Å². The van der Waals surface area contributed by atoms with Gasteiger partial charge < -0.3 is 10.2 Å². The average molecular weight is 291 g/mol. The number of alkyl halides is 1. The molecule has 1 atom stereocenters. The Morgan fingerprint density at radius 2 is 2.25 bits per heavy atom. The van der Waals surface area contributed by atoms with E-state index in [-0.39, 0.29) is 16.6 Å². The number of carbonyl (C=O) groups excluding carboxylic acids is 2. The molecule has 1 heterocycles.